The number of hydrogen-bond acceptors (Lipinski definition) is 4. The summed E-state index contributed by atoms with van der Waals surface area (Å²) in [6, 6.07) is 18.8. The van der Waals surface area contributed by atoms with Crippen LogP contribution in [-0.2, 0) is 22.8 Å². The molecule has 0 unspecified atom stereocenters. The average Bonchev–Trinajstić information content (AvgIpc) is 2.78. The molecule has 0 heterocycles. The van der Waals surface area contributed by atoms with E-state index in [-0.39, 0.29) is 6.42 Å². The Labute approximate surface area is 179 Å². The Hall–Kier alpha value is -2.84. The van der Waals surface area contributed by atoms with Gasteiger partial charge in [0.05, 0.1) is 12.1 Å². The van der Waals surface area contributed by atoms with Crippen LogP contribution in [0.5, 0.6) is 0 Å². The highest BCUT2D eigenvalue weighted by Gasteiger charge is 2.15. The molecule has 0 saturated heterocycles. The van der Waals surface area contributed by atoms with Gasteiger partial charge < -0.3 is 15.3 Å². The average molecular weight is 407 g/mol. The van der Waals surface area contributed by atoms with E-state index in [2.05, 4.69) is 34.7 Å². The zero-order valence-electron chi connectivity index (χ0n) is 17.6. The van der Waals surface area contributed by atoms with Crippen molar-refractivity contribution in [2.24, 2.45) is 5.16 Å². The van der Waals surface area contributed by atoms with Crippen molar-refractivity contribution in [3.8, 4) is 0 Å². The number of carboxylic acid groups (broad SMARTS) is 1. The van der Waals surface area contributed by atoms with Crippen LogP contribution in [0.3, 0.4) is 0 Å². The highest BCUT2D eigenvalue weighted by molar-refractivity contribution is 5.98. The number of nitrogens with zero attached hydrogens (tertiary/aromatic N) is 1. The number of hydrogen-bond donors (Lipinski definition) is 2. The van der Waals surface area contributed by atoms with E-state index in [1.807, 2.05) is 31.2 Å². The van der Waals surface area contributed by atoms with E-state index in [1.54, 1.807) is 0 Å². The van der Waals surface area contributed by atoms with E-state index in [0.29, 0.717) is 25.6 Å². The maximum atomic E-state index is 10.5. The molecule has 158 valence electrons. The van der Waals surface area contributed by atoms with Gasteiger partial charge in [0, 0.05) is 24.2 Å². The van der Waals surface area contributed by atoms with Gasteiger partial charge in [-0.25, -0.2) is 0 Å². The van der Waals surface area contributed by atoms with Gasteiger partial charge in [0.1, 0.15) is 6.61 Å². The highest BCUT2D eigenvalue weighted by Crippen LogP contribution is 2.31. The summed E-state index contributed by atoms with van der Waals surface area (Å²) in [5, 5.41) is 16.0. The van der Waals surface area contributed by atoms with Crippen LogP contribution in [0.25, 0.3) is 0 Å². The van der Waals surface area contributed by atoms with Crippen molar-refractivity contribution < 1.29 is 14.7 Å². The van der Waals surface area contributed by atoms with Gasteiger partial charge in [0.15, 0.2) is 0 Å². The molecule has 0 amide bonds. The maximum Gasteiger partial charge on any atom is 0.304 e. The molecule has 30 heavy (non-hydrogen) atoms. The quantitative estimate of drug-likeness (QED) is 0.336. The van der Waals surface area contributed by atoms with E-state index in [4.69, 9.17) is 9.94 Å². The number of oxime groups is 1. The van der Waals surface area contributed by atoms with Crippen LogP contribution in [0.4, 0.5) is 0 Å². The third kappa shape index (κ3) is 6.89. The predicted molar refractivity (Wildman–Crippen MR) is 117 cm³/mol. The molecule has 1 saturated carbocycles. The van der Waals surface area contributed by atoms with Crippen LogP contribution >= 0.6 is 0 Å². The first-order valence-electron chi connectivity index (χ1n) is 10.7. The van der Waals surface area contributed by atoms with Gasteiger partial charge in [-0.3, -0.25) is 4.79 Å². The lowest BCUT2D eigenvalue weighted by Crippen LogP contribution is -2.17. The molecule has 1 fully saturated rings. The van der Waals surface area contributed by atoms with Crippen LogP contribution in [0.1, 0.15) is 73.6 Å². The largest absolute Gasteiger partial charge is 0.481 e. The molecule has 1 aliphatic carbocycles. The highest BCUT2D eigenvalue weighted by atomic mass is 16.6. The van der Waals surface area contributed by atoms with Crippen molar-refractivity contribution in [2.75, 3.05) is 6.54 Å². The van der Waals surface area contributed by atoms with Crippen molar-refractivity contribution in [2.45, 2.75) is 64.5 Å². The van der Waals surface area contributed by atoms with Gasteiger partial charge in [-0.05, 0) is 48.9 Å². The number of benzene rings is 1. The van der Waals surface area contributed by atoms with Gasteiger partial charge in [-0.15, -0.1) is 0 Å². The predicted octanol–water partition coefficient (Wildman–Crippen LogP) is 4.84. The smallest absolute Gasteiger partial charge is 0.304 e. The van der Waals surface area contributed by atoms with Gasteiger partial charge >= 0.3 is 5.97 Å². The van der Waals surface area contributed by atoms with Crippen molar-refractivity contribution in [1.82, 2.24) is 5.32 Å². The number of carbonyl (C=O) groups is 1. The SMILES string of the molecule is C/C(=N\OCc1c#cc(C2CCCCC2)cc1)c1ccc(CNCCC(=O)O)cc1. The molecule has 5 heteroatoms. The molecule has 0 atom stereocenters. The maximum absolute atomic E-state index is 10.5. The van der Waals surface area contributed by atoms with Crippen LogP contribution < -0.4 is 5.32 Å². The summed E-state index contributed by atoms with van der Waals surface area (Å²) in [5.74, 6) is -0.152. The van der Waals surface area contributed by atoms with E-state index in [9.17, 15) is 4.79 Å². The molecule has 3 rings (SSSR count). The lowest BCUT2D eigenvalue weighted by molar-refractivity contribution is -0.136. The van der Waals surface area contributed by atoms with Gasteiger partial charge in [-0.1, -0.05) is 60.8 Å². The number of carboxylic acids is 1. The fourth-order valence-electron chi connectivity index (χ4n) is 3.71. The van der Waals surface area contributed by atoms with Crippen LogP contribution in [0.2, 0.25) is 0 Å². The van der Waals surface area contributed by atoms with Gasteiger partial charge in [0.25, 0.3) is 0 Å². The molecule has 2 aromatic rings. The summed E-state index contributed by atoms with van der Waals surface area (Å²) < 4.78 is 0. The molecule has 0 aliphatic heterocycles. The Morgan fingerprint density at radius 2 is 1.90 bits per heavy atom. The summed E-state index contributed by atoms with van der Waals surface area (Å²) in [4.78, 5) is 16.0. The molecule has 2 aromatic carbocycles. The van der Waals surface area contributed by atoms with Crippen molar-refractivity contribution >= 4 is 11.7 Å². The molecule has 1 aliphatic rings. The zero-order valence-corrected chi connectivity index (χ0v) is 17.6. The Bertz CT molecular complexity index is 822. The van der Waals surface area contributed by atoms with Gasteiger partial charge in [-0.2, -0.15) is 0 Å². The van der Waals surface area contributed by atoms with E-state index < -0.39 is 5.97 Å². The van der Waals surface area contributed by atoms with E-state index >= 15 is 0 Å². The summed E-state index contributed by atoms with van der Waals surface area (Å²) in [7, 11) is 0. The van der Waals surface area contributed by atoms with Crippen molar-refractivity contribution in [1.29, 1.82) is 0 Å². The standard InChI is InChI=1S/C25H30N2O3/c1-19(22-11-7-20(8-12-22)17-26-16-15-25(28)29)27-30-18-21-9-13-24(14-10-21)23-5-3-2-4-6-23/h7-9,11-13,23,26H,2-6,15-18H2,1H3,(H,28,29)/b27-19+. The molecule has 0 spiro atoms. The minimum Gasteiger partial charge on any atom is -0.481 e. The summed E-state index contributed by atoms with van der Waals surface area (Å²) in [6.45, 7) is 3.40. The first-order valence-corrected chi connectivity index (χ1v) is 10.7. The fourth-order valence-corrected chi connectivity index (χ4v) is 3.71. The third-order valence-corrected chi connectivity index (χ3v) is 5.51. The normalized spacial score (nSPS) is 14.9. The summed E-state index contributed by atoms with van der Waals surface area (Å²) in [6.07, 6.45) is 6.65. The lowest BCUT2D eigenvalue weighted by Gasteiger charge is -2.20. The first kappa shape index (κ1) is 21.9. The summed E-state index contributed by atoms with van der Waals surface area (Å²) >= 11 is 0. The fraction of sp³-hybridized carbons (Fsp3) is 0.440. The van der Waals surface area contributed by atoms with Crippen LogP contribution in [0.15, 0.2) is 41.6 Å². The Kier molecular flexibility index (Phi) is 8.29. The molecule has 0 radical (unpaired) electrons. The molecular weight excluding hydrogens is 376 g/mol. The Balaban J connectivity index is 1.44. The topological polar surface area (TPSA) is 70.9 Å². The number of aliphatic carboxylic acids is 1. The van der Waals surface area contributed by atoms with E-state index in [0.717, 1.165) is 22.4 Å². The second-order valence-electron chi connectivity index (χ2n) is 7.87. The Morgan fingerprint density at radius 1 is 1.13 bits per heavy atom. The Morgan fingerprint density at radius 3 is 2.57 bits per heavy atom. The zero-order chi connectivity index (χ0) is 21.2. The molecule has 5 nitrogen and oxygen atoms in total. The van der Waals surface area contributed by atoms with Crippen LogP contribution in [0, 0.1) is 12.1 Å². The monoisotopic (exact) mass is 406 g/mol. The third-order valence-electron chi connectivity index (χ3n) is 5.51. The van der Waals surface area contributed by atoms with Crippen molar-refractivity contribution in [3.63, 3.8) is 0 Å². The number of rotatable bonds is 10. The second kappa shape index (κ2) is 11.4. The van der Waals surface area contributed by atoms with Crippen molar-refractivity contribution in [3.05, 3.63) is 70.8 Å². The lowest BCUT2D eigenvalue weighted by atomic mass is 9.84. The van der Waals surface area contributed by atoms with Gasteiger partial charge in [0.2, 0.25) is 0 Å². The van der Waals surface area contributed by atoms with E-state index in [1.165, 1.54) is 37.7 Å². The molecule has 0 aromatic heterocycles. The molecular formula is C25H30N2O3. The second-order valence-corrected chi connectivity index (χ2v) is 7.87. The minimum atomic E-state index is -0.791. The van der Waals surface area contributed by atoms with Crippen LogP contribution in [-0.4, -0.2) is 23.3 Å². The number of nitrogens with one attached hydrogen (secondary N) is 1. The molecule has 0 bridgehead atoms. The first-order chi connectivity index (χ1) is 14.6. The minimum absolute atomic E-state index is 0.125. The molecule has 2 N–H and O–H groups in total. The summed E-state index contributed by atoms with van der Waals surface area (Å²) in [5.41, 5.74) is 5.13.